The van der Waals surface area contributed by atoms with Crippen LogP contribution < -0.4 is 5.32 Å². The zero-order valence-electron chi connectivity index (χ0n) is 6.62. The summed E-state index contributed by atoms with van der Waals surface area (Å²) in [4.78, 5) is 0. The highest BCUT2D eigenvalue weighted by atomic mass is 127. The van der Waals surface area contributed by atoms with E-state index in [2.05, 4.69) is 0 Å². The summed E-state index contributed by atoms with van der Waals surface area (Å²) in [6.45, 7) is 1.89. The van der Waals surface area contributed by atoms with Gasteiger partial charge in [0.1, 0.15) is 0 Å². The number of hydrogen-bond acceptors (Lipinski definition) is 1. The van der Waals surface area contributed by atoms with Crippen molar-refractivity contribution in [3.05, 3.63) is 0 Å². The van der Waals surface area contributed by atoms with Crippen LogP contribution in [-0.2, 0) is 0 Å². The van der Waals surface area contributed by atoms with Gasteiger partial charge in [0.2, 0.25) is 6.30 Å². The first-order valence-electron chi connectivity index (χ1n) is 3.42. The van der Waals surface area contributed by atoms with Crippen molar-refractivity contribution in [1.82, 2.24) is 5.32 Å². The van der Waals surface area contributed by atoms with E-state index in [0.717, 1.165) is 6.42 Å². The van der Waals surface area contributed by atoms with E-state index in [4.69, 9.17) is 0 Å². The Bertz CT molecular complexity index is 106. The summed E-state index contributed by atoms with van der Waals surface area (Å²) in [6.07, 6.45) is -6.35. The summed E-state index contributed by atoms with van der Waals surface area (Å²) in [6, 6.07) is 0. The highest BCUT2D eigenvalue weighted by Gasteiger charge is 2.39. The van der Waals surface area contributed by atoms with Gasteiger partial charge in [-0.3, -0.25) is 5.32 Å². The number of alkyl halides is 4. The Kier molecular flexibility index (Phi) is 8.54. The van der Waals surface area contributed by atoms with Gasteiger partial charge in [0.05, 0.1) is 0 Å². The average molecular weight is 301 g/mol. The van der Waals surface area contributed by atoms with Crippen molar-refractivity contribution in [2.75, 3.05) is 6.54 Å². The van der Waals surface area contributed by atoms with Crippen LogP contribution >= 0.6 is 24.0 Å². The molecule has 0 saturated carbocycles. The maximum absolute atomic E-state index is 12.0. The zero-order chi connectivity index (χ0) is 8.91. The van der Waals surface area contributed by atoms with Gasteiger partial charge in [-0.05, 0) is 13.0 Å². The smallest absolute Gasteiger partial charge is 0.280 e. The minimum atomic E-state index is -4.77. The van der Waals surface area contributed by atoms with E-state index >= 15 is 0 Å². The summed E-state index contributed by atoms with van der Waals surface area (Å²) in [7, 11) is 0. The molecule has 0 radical (unpaired) electrons. The Hall–Kier alpha value is 0.410. The van der Waals surface area contributed by atoms with Gasteiger partial charge in [-0.2, -0.15) is 13.2 Å². The van der Waals surface area contributed by atoms with Crippen LogP contribution in [0.1, 0.15) is 19.8 Å². The van der Waals surface area contributed by atoms with E-state index in [1.54, 1.807) is 5.32 Å². The summed E-state index contributed by atoms with van der Waals surface area (Å²) in [5.41, 5.74) is 0. The van der Waals surface area contributed by atoms with Crippen LogP contribution in [0.25, 0.3) is 0 Å². The highest BCUT2D eigenvalue weighted by molar-refractivity contribution is 14.0. The molecule has 0 aliphatic heterocycles. The maximum atomic E-state index is 12.0. The standard InChI is InChI=1S/C6H11F4N.HI/c1-2-3-4-11-5(7)6(8,9)10;/h5,11H,2-4H2,1H3;1H. The molecular formula is C6H12F4IN. The van der Waals surface area contributed by atoms with E-state index < -0.39 is 12.5 Å². The monoisotopic (exact) mass is 301 g/mol. The van der Waals surface area contributed by atoms with Crippen LogP contribution in [0, 0.1) is 0 Å². The summed E-state index contributed by atoms with van der Waals surface area (Å²) in [5, 5.41) is 1.73. The van der Waals surface area contributed by atoms with Crippen molar-refractivity contribution >= 4 is 24.0 Å². The van der Waals surface area contributed by atoms with Gasteiger partial charge in [0.15, 0.2) is 0 Å². The molecule has 1 unspecified atom stereocenters. The minimum Gasteiger partial charge on any atom is -0.280 e. The second-order valence-corrected chi connectivity index (χ2v) is 2.21. The molecule has 0 bridgehead atoms. The molecular weight excluding hydrogens is 289 g/mol. The van der Waals surface area contributed by atoms with E-state index in [-0.39, 0.29) is 30.5 Å². The van der Waals surface area contributed by atoms with E-state index in [9.17, 15) is 17.6 Å². The molecule has 0 aliphatic rings. The Morgan fingerprint density at radius 2 is 1.83 bits per heavy atom. The third-order valence-electron chi connectivity index (χ3n) is 1.14. The van der Waals surface area contributed by atoms with Gasteiger partial charge in [-0.1, -0.05) is 13.3 Å². The molecule has 0 rings (SSSR count). The van der Waals surface area contributed by atoms with Crippen molar-refractivity contribution in [3.63, 3.8) is 0 Å². The van der Waals surface area contributed by atoms with E-state index in [0.29, 0.717) is 6.42 Å². The normalized spacial score (nSPS) is 13.8. The lowest BCUT2D eigenvalue weighted by Gasteiger charge is -2.12. The lowest BCUT2D eigenvalue weighted by molar-refractivity contribution is -0.188. The van der Waals surface area contributed by atoms with Crippen LogP contribution in [0.15, 0.2) is 0 Å². The van der Waals surface area contributed by atoms with Gasteiger partial charge in [0, 0.05) is 0 Å². The summed E-state index contributed by atoms with van der Waals surface area (Å²) >= 11 is 0. The lowest BCUT2D eigenvalue weighted by Crippen LogP contribution is -2.38. The zero-order valence-corrected chi connectivity index (χ0v) is 8.95. The molecule has 0 saturated heterocycles. The number of halogens is 5. The molecule has 1 nitrogen and oxygen atoms in total. The van der Waals surface area contributed by atoms with Gasteiger partial charge >= 0.3 is 6.18 Å². The Labute approximate surface area is 85.9 Å². The third kappa shape index (κ3) is 7.08. The second kappa shape index (κ2) is 6.88. The topological polar surface area (TPSA) is 12.0 Å². The van der Waals surface area contributed by atoms with Gasteiger partial charge in [0.25, 0.3) is 0 Å². The maximum Gasteiger partial charge on any atom is 0.433 e. The van der Waals surface area contributed by atoms with Crippen LogP contribution in [0.2, 0.25) is 0 Å². The van der Waals surface area contributed by atoms with Crippen molar-refractivity contribution in [2.45, 2.75) is 32.2 Å². The van der Waals surface area contributed by atoms with E-state index in [1.807, 2.05) is 6.92 Å². The SMILES string of the molecule is CCCCNC(F)C(F)(F)F.I. The fourth-order valence-electron chi connectivity index (χ4n) is 0.521. The molecule has 0 aromatic carbocycles. The Morgan fingerprint density at radius 3 is 2.17 bits per heavy atom. The predicted octanol–water partition coefficient (Wildman–Crippen LogP) is 2.85. The third-order valence-corrected chi connectivity index (χ3v) is 1.14. The molecule has 6 heteroatoms. The first kappa shape index (κ1) is 14.9. The average Bonchev–Trinajstić information content (AvgIpc) is 1.86. The summed E-state index contributed by atoms with van der Waals surface area (Å²) in [5.74, 6) is 0. The molecule has 12 heavy (non-hydrogen) atoms. The molecule has 0 aromatic heterocycles. The molecule has 76 valence electrons. The Balaban J connectivity index is 0. The van der Waals surface area contributed by atoms with Crippen molar-refractivity contribution in [3.8, 4) is 0 Å². The fourth-order valence-corrected chi connectivity index (χ4v) is 0.521. The molecule has 1 N–H and O–H groups in total. The van der Waals surface area contributed by atoms with Crippen LogP contribution in [0.5, 0.6) is 0 Å². The largest absolute Gasteiger partial charge is 0.433 e. The molecule has 0 aromatic rings. The number of unbranched alkanes of at least 4 members (excludes halogenated alkanes) is 1. The van der Waals surface area contributed by atoms with Gasteiger partial charge in [-0.25, -0.2) is 4.39 Å². The van der Waals surface area contributed by atoms with Crippen molar-refractivity contribution in [1.29, 1.82) is 0 Å². The predicted molar refractivity (Wildman–Crippen MR) is 49.3 cm³/mol. The van der Waals surface area contributed by atoms with E-state index in [1.165, 1.54) is 0 Å². The first-order valence-corrected chi connectivity index (χ1v) is 3.42. The number of rotatable bonds is 4. The van der Waals surface area contributed by atoms with Crippen molar-refractivity contribution < 1.29 is 17.6 Å². The molecule has 0 amide bonds. The van der Waals surface area contributed by atoms with Crippen LogP contribution in [0.3, 0.4) is 0 Å². The molecule has 0 fully saturated rings. The van der Waals surface area contributed by atoms with Crippen LogP contribution in [-0.4, -0.2) is 19.0 Å². The quantitative estimate of drug-likeness (QED) is 0.364. The first-order chi connectivity index (χ1) is 4.98. The Morgan fingerprint density at radius 1 is 1.33 bits per heavy atom. The van der Waals surface area contributed by atoms with Crippen LogP contribution in [0.4, 0.5) is 17.6 Å². The molecule has 0 heterocycles. The number of nitrogens with one attached hydrogen (secondary N) is 1. The summed E-state index contributed by atoms with van der Waals surface area (Å²) < 4.78 is 46.3. The lowest BCUT2D eigenvalue weighted by atomic mass is 10.3. The minimum absolute atomic E-state index is 0. The van der Waals surface area contributed by atoms with Crippen molar-refractivity contribution in [2.24, 2.45) is 0 Å². The second-order valence-electron chi connectivity index (χ2n) is 2.21. The fraction of sp³-hybridized carbons (Fsp3) is 1.00. The molecule has 1 atom stereocenters. The molecule has 0 spiro atoms. The van der Waals surface area contributed by atoms with Gasteiger partial charge in [-0.15, -0.1) is 24.0 Å². The highest BCUT2D eigenvalue weighted by Crippen LogP contribution is 2.20. The molecule has 0 aliphatic carbocycles. The van der Waals surface area contributed by atoms with Gasteiger partial charge < -0.3 is 0 Å². The number of hydrogen-bond donors (Lipinski definition) is 1.